The van der Waals surface area contributed by atoms with Crippen molar-refractivity contribution in [3.63, 3.8) is 0 Å². The van der Waals surface area contributed by atoms with Crippen LogP contribution < -0.4 is 4.72 Å². The van der Waals surface area contributed by atoms with Crippen molar-refractivity contribution in [3.05, 3.63) is 94.8 Å². The highest BCUT2D eigenvalue weighted by atomic mass is 32.2. The third kappa shape index (κ3) is 5.09. The fourth-order valence-electron chi connectivity index (χ4n) is 3.87. The molecule has 0 atom stereocenters. The number of halogens is 1. The van der Waals surface area contributed by atoms with E-state index in [2.05, 4.69) is 4.72 Å². The lowest BCUT2D eigenvalue weighted by molar-refractivity contribution is -0.135. The van der Waals surface area contributed by atoms with Crippen molar-refractivity contribution in [1.82, 2.24) is 4.90 Å². The summed E-state index contributed by atoms with van der Waals surface area (Å²) in [6.45, 7) is 1.99. The van der Waals surface area contributed by atoms with Gasteiger partial charge in [-0.3, -0.25) is 9.52 Å². The summed E-state index contributed by atoms with van der Waals surface area (Å²) in [4.78, 5) is 26.8. The molecule has 0 spiro atoms. The van der Waals surface area contributed by atoms with Crippen LogP contribution in [0.25, 0.3) is 0 Å². The van der Waals surface area contributed by atoms with Crippen molar-refractivity contribution in [2.75, 3.05) is 17.9 Å². The third-order valence-corrected chi connectivity index (χ3v) is 7.15. The number of fused-ring (bicyclic) bond motifs is 1. The summed E-state index contributed by atoms with van der Waals surface area (Å²) in [5.41, 5.74) is 2.44. The summed E-state index contributed by atoms with van der Waals surface area (Å²) in [6.07, 6.45) is 0.725. The van der Waals surface area contributed by atoms with Gasteiger partial charge in [0.2, 0.25) is 0 Å². The molecule has 0 fully saturated rings. The lowest BCUT2D eigenvalue weighted by Gasteiger charge is -2.28. The summed E-state index contributed by atoms with van der Waals surface area (Å²) in [5, 5.41) is 0. The lowest BCUT2D eigenvalue weighted by atomic mass is 10.00. The minimum absolute atomic E-state index is 0.00410. The molecule has 0 radical (unpaired) electrons. The average Bonchev–Trinajstić information content (AvgIpc) is 2.81. The molecule has 1 aliphatic rings. The number of esters is 1. The van der Waals surface area contributed by atoms with E-state index in [0.29, 0.717) is 13.1 Å². The summed E-state index contributed by atoms with van der Waals surface area (Å²) < 4.78 is 46.6. The number of nitrogens with zero attached hydrogens (tertiary/aromatic N) is 1. The van der Waals surface area contributed by atoms with E-state index in [4.69, 9.17) is 4.74 Å². The molecule has 176 valence electrons. The van der Waals surface area contributed by atoms with Crippen molar-refractivity contribution >= 4 is 27.6 Å². The van der Waals surface area contributed by atoms with E-state index in [1.165, 1.54) is 24.6 Å². The number of para-hydroxylation sites is 1. The number of carbonyl (C=O) groups is 2. The first-order chi connectivity index (χ1) is 16.2. The van der Waals surface area contributed by atoms with E-state index in [0.717, 1.165) is 30.2 Å². The van der Waals surface area contributed by atoms with Gasteiger partial charge in [0.25, 0.3) is 15.9 Å². The van der Waals surface area contributed by atoms with Crippen LogP contribution in [0.5, 0.6) is 0 Å². The van der Waals surface area contributed by atoms with Crippen LogP contribution in [0.2, 0.25) is 0 Å². The Morgan fingerprint density at radius 2 is 1.74 bits per heavy atom. The Morgan fingerprint density at radius 1 is 1.03 bits per heavy atom. The molecule has 0 saturated heterocycles. The molecule has 9 heteroatoms. The number of amides is 1. The first-order valence-corrected chi connectivity index (χ1v) is 12.1. The van der Waals surface area contributed by atoms with E-state index in [1.54, 1.807) is 17.0 Å². The highest BCUT2D eigenvalue weighted by Crippen LogP contribution is 2.24. The van der Waals surface area contributed by atoms with Crippen molar-refractivity contribution in [1.29, 1.82) is 0 Å². The van der Waals surface area contributed by atoms with Gasteiger partial charge in [-0.1, -0.05) is 36.4 Å². The Hall–Kier alpha value is -3.72. The number of nitrogens with one attached hydrogen (secondary N) is 1. The Balaban J connectivity index is 1.44. The van der Waals surface area contributed by atoms with Gasteiger partial charge >= 0.3 is 5.97 Å². The Labute approximate surface area is 197 Å². The fraction of sp³-hybridized carbons (Fsp3) is 0.200. The van der Waals surface area contributed by atoms with Crippen LogP contribution in [-0.2, 0) is 32.5 Å². The molecule has 3 aromatic rings. The second-order valence-electron chi connectivity index (χ2n) is 7.97. The minimum atomic E-state index is -4.09. The lowest BCUT2D eigenvalue weighted by Crippen LogP contribution is -2.38. The molecule has 0 bridgehead atoms. The first-order valence-electron chi connectivity index (χ1n) is 10.6. The molecular formula is C25H23FN2O5S. The number of benzene rings is 3. The molecule has 0 unspecified atom stereocenters. The normalized spacial score (nSPS) is 13.2. The van der Waals surface area contributed by atoms with Gasteiger partial charge in [0.1, 0.15) is 5.82 Å². The Morgan fingerprint density at radius 3 is 2.50 bits per heavy atom. The van der Waals surface area contributed by atoms with Gasteiger partial charge in [-0.05, 0) is 60.4 Å². The maximum absolute atomic E-state index is 13.4. The molecule has 1 amide bonds. The molecular weight excluding hydrogens is 459 g/mol. The third-order valence-electron chi connectivity index (χ3n) is 5.63. The van der Waals surface area contributed by atoms with E-state index < -0.39 is 28.4 Å². The summed E-state index contributed by atoms with van der Waals surface area (Å²) in [7, 11) is -4.09. The van der Waals surface area contributed by atoms with Gasteiger partial charge in [-0.25, -0.2) is 17.6 Å². The second-order valence-corrected chi connectivity index (χ2v) is 9.62. The number of aryl methyl sites for hydroxylation is 1. The quantitative estimate of drug-likeness (QED) is 0.541. The number of hydrogen-bond acceptors (Lipinski definition) is 5. The van der Waals surface area contributed by atoms with Crippen LogP contribution in [0.1, 0.15) is 27.0 Å². The predicted octanol–water partition coefficient (Wildman–Crippen LogP) is 3.68. The van der Waals surface area contributed by atoms with Crippen LogP contribution in [0.15, 0.2) is 71.6 Å². The SMILES string of the molecule is Cc1cc(F)ccc1S(=O)(=O)Nc1ccccc1C(=O)OCC(=O)N1CCc2ccccc2C1. The number of rotatable bonds is 6. The molecule has 1 heterocycles. The summed E-state index contributed by atoms with van der Waals surface area (Å²) in [5.74, 6) is -1.72. The van der Waals surface area contributed by atoms with Crippen molar-refractivity contribution in [2.45, 2.75) is 24.8 Å². The maximum atomic E-state index is 13.4. The van der Waals surface area contributed by atoms with Crippen LogP contribution in [0.4, 0.5) is 10.1 Å². The predicted molar refractivity (Wildman–Crippen MR) is 124 cm³/mol. The molecule has 7 nitrogen and oxygen atoms in total. The van der Waals surface area contributed by atoms with Gasteiger partial charge in [-0.2, -0.15) is 0 Å². The Kier molecular flexibility index (Phi) is 6.65. The van der Waals surface area contributed by atoms with E-state index in [9.17, 15) is 22.4 Å². The van der Waals surface area contributed by atoms with Crippen LogP contribution in [0.3, 0.4) is 0 Å². The number of carbonyl (C=O) groups excluding carboxylic acids is 2. The zero-order chi connectivity index (χ0) is 24.3. The van der Waals surface area contributed by atoms with Gasteiger partial charge in [0.05, 0.1) is 16.1 Å². The highest BCUT2D eigenvalue weighted by molar-refractivity contribution is 7.92. The first kappa shape index (κ1) is 23.4. The molecule has 1 aliphatic heterocycles. The molecule has 0 saturated carbocycles. The van der Waals surface area contributed by atoms with Gasteiger partial charge in [0.15, 0.2) is 6.61 Å². The Bertz CT molecular complexity index is 1360. The van der Waals surface area contributed by atoms with Crippen LogP contribution >= 0.6 is 0 Å². The number of sulfonamides is 1. The number of anilines is 1. The molecule has 1 N–H and O–H groups in total. The zero-order valence-electron chi connectivity index (χ0n) is 18.5. The molecule has 3 aromatic carbocycles. The van der Waals surface area contributed by atoms with Crippen LogP contribution in [0, 0.1) is 12.7 Å². The summed E-state index contributed by atoms with van der Waals surface area (Å²) in [6, 6.07) is 17.1. The van der Waals surface area contributed by atoms with Crippen molar-refractivity contribution in [2.24, 2.45) is 0 Å². The van der Waals surface area contributed by atoms with E-state index >= 15 is 0 Å². The minimum Gasteiger partial charge on any atom is -0.452 e. The van der Waals surface area contributed by atoms with Crippen molar-refractivity contribution < 1.29 is 27.1 Å². The number of hydrogen-bond donors (Lipinski definition) is 1. The fourth-order valence-corrected chi connectivity index (χ4v) is 5.18. The van der Waals surface area contributed by atoms with Gasteiger partial charge in [-0.15, -0.1) is 0 Å². The van der Waals surface area contributed by atoms with Gasteiger partial charge < -0.3 is 9.64 Å². The summed E-state index contributed by atoms with van der Waals surface area (Å²) >= 11 is 0. The smallest absolute Gasteiger partial charge is 0.340 e. The standard InChI is InChI=1S/C25H23FN2O5S/c1-17-14-20(26)10-11-23(17)34(31,32)27-22-9-5-4-8-21(22)25(30)33-16-24(29)28-13-12-18-6-2-3-7-19(18)15-28/h2-11,14,27H,12-13,15-16H2,1H3. The van der Waals surface area contributed by atoms with E-state index in [-0.39, 0.29) is 27.6 Å². The van der Waals surface area contributed by atoms with Crippen LogP contribution in [-0.4, -0.2) is 38.3 Å². The molecule has 0 aromatic heterocycles. The second kappa shape index (κ2) is 9.64. The zero-order valence-corrected chi connectivity index (χ0v) is 19.3. The van der Waals surface area contributed by atoms with Crippen molar-refractivity contribution in [3.8, 4) is 0 Å². The number of ether oxygens (including phenoxy) is 1. The molecule has 34 heavy (non-hydrogen) atoms. The topological polar surface area (TPSA) is 92.8 Å². The van der Waals surface area contributed by atoms with Gasteiger partial charge in [0, 0.05) is 13.1 Å². The average molecular weight is 483 g/mol. The maximum Gasteiger partial charge on any atom is 0.340 e. The highest BCUT2D eigenvalue weighted by Gasteiger charge is 2.24. The largest absolute Gasteiger partial charge is 0.452 e. The van der Waals surface area contributed by atoms with E-state index in [1.807, 2.05) is 24.3 Å². The molecule has 0 aliphatic carbocycles. The molecule has 4 rings (SSSR count). The monoisotopic (exact) mass is 482 g/mol.